The van der Waals surface area contributed by atoms with E-state index in [9.17, 15) is 19.1 Å². The monoisotopic (exact) mass is 351 g/mol. The number of hydrogen-bond donors (Lipinski definition) is 2. The van der Waals surface area contributed by atoms with Crippen molar-refractivity contribution >= 4 is 23.7 Å². The number of aliphatic carboxylic acids is 1. The van der Waals surface area contributed by atoms with Gasteiger partial charge in [0.1, 0.15) is 18.5 Å². The lowest BCUT2D eigenvalue weighted by atomic mass is 10.1. The first-order chi connectivity index (χ1) is 11.5. The molecule has 2 aromatic rings. The number of alkyl carbamates (subject to hydrolysis) is 1. The van der Waals surface area contributed by atoms with Crippen LogP contribution >= 0.6 is 11.6 Å². The van der Waals surface area contributed by atoms with Crippen LogP contribution in [0, 0.1) is 5.82 Å². The molecule has 0 fully saturated rings. The first kappa shape index (κ1) is 17.7. The van der Waals surface area contributed by atoms with E-state index in [-0.39, 0.29) is 18.1 Å². The Morgan fingerprint density at radius 1 is 1.17 bits per heavy atom. The van der Waals surface area contributed by atoms with Crippen LogP contribution < -0.4 is 5.32 Å². The number of ether oxygens (including phenoxy) is 1. The molecular formula is C17H15ClFNO4. The minimum Gasteiger partial charge on any atom is -0.480 e. The average Bonchev–Trinajstić information content (AvgIpc) is 2.56. The fourth-order valence-electron chi connectivity index (χ4n) is 2.01. The minimum atomic E-state index is -1.23. The van der Waals surface area contributed by atoms with E-state index in [2.05, 4.69) is 5.32 Å². The fourth-order valence-corrected chi connectivity index (χ4v) is 2.21. The normalized spacial score (nSPS) is 11.6. The van der Waals surface area contributed by atoms with Crippen LogP contribution in [-0.2, 0) is 22.6 Å². The van der Waals surface area contributed by atoms with Crippen molar-refractivity contribution in [1.29, 1.82) is 0 Å². The molecule has 1 amide bonds. The van der Waals surface area contributed by atoms with Gasteiger partial charge in [-0.2, -0.15) is 0 Å². The number of halogens is 2. The van der Waals surface area contributed by atoms with Crippen molar-refractivity contribution in [3.8, 4) is 0 Å². The van der Waals surface area contributed by atoms with Gasteiger partial charge in [0.25, 0.3) is 0 Å². The van der Waals surface area contributed by atoms with E-state index >= 15 is 0 Å². The summed E-state index contributed by atoms with van der Waals surface area (Å²) in [5.74, 6) is -1.82. The first-order valence-electron chi connectivity index (χ1n) is 7.09. The molecule has 2 N–H and O–H groups in total. The molecule has 2 aromatic carbocycles. The number of amides is 1. The highest BCUT2D eigenvalue weighted by molar-refractivity contribution is 6.30. The van der Waals surface area contributed by atoms with Crippen molar-refractivity contribution in [2.45, 2.75) is 19.1 Å². The average molecular weight is 352 g/mol. The highest BCUT2D eigenvalue weighted by Crippen LogP contribution is 2.17. The maximum atomic E-state index is 13.1. The van der Waals surface area contributed by atoms with Gasteiger partial charge in [0, 0.05) is 6.42 Å². The third-order valence-corrected chi connectivity index (χ3v) is 3.52. The highest BCUT2D eigenvalue weighted by Gasteiger charge is 2.21. The predicted molar refractivity (Wildman–Crippen MR) is 86.3 cm³/mol. The molecule has 0 aliphatic carbocycles. The number of carbonyl (C=O) groups is 2. The smallest absolute Gasteiger partial charge is 0.408 e. The van der Waals surface area contributed by atoms with E-state index in [0.717, 1.165) is 11.6 Å². The summed E-state index contributed by atoms with van der Waals surface area (Å²) < 4.78 is 18.1. The molecule has 0 aliphatic rings. The summed E-state index contributed by atoms with van der Waals surface area (Å²) in [4.78, 5) is 23.0. The summed E-state index contributed by atoms with van der Waals surface area (Å²) in [7, 11) is 0. The van der Waals surface area contributed by atoms with E-state index in [1.807, 2.05) is 6.07 Å². The van der Waals surface area contributed by atoms with Crippen LogP contribution in [0.4, 0.5) is 9.18 Å². The predicted octanol–water partition coefficient (Wildman–Crippen LogP) is 3.40. The standard InChI is InChI=1S/C17H15ClFNO4/c18-13-8-12(6-7-14(13)19)9-15(16(21)22)20-17(23)24-10-11-4-2-1-3-5-11/h1-8,15H,9-10H2,(H,20,23)(H,21,22)/t15-/m0/s1. The van der Waals surface area contributed by atoms with Gasteiger partial charge < -0.3 is 15.2 Å². The van der Waals surface area contributed by atoms with E-state index in [4.69, 9.17) is 16.3 Å². The lowest BCUT2D eigenvalue weighted by Gasteiger charge is -2.15. The van der Waals surface area contributed by atoms with Gasteiger partial charge in [0.05, 0.1) is 5.02 Å². The van der Waals surface area contributed by atoms with Gasteiger partial charge >= 0.3 is 12.1 Å². The third-order valence-electron chi connectivity index (χ3n) is 3.23. The van der Waals surface area contributed by atoms with Gasteiger partial charge in [-0.15, -0.1) is 0 Å². The molecule has 0 bridgehead atoms. The van der Waals surface area contributed by atoms with Gasteiger partial charge in [0.15, 0.2) is 0 Å². The highest BCUT2D eigenvalue weighted by atomic mass is 35.5. The fraction of sp³-hybridized carbons (Fsp3) is 0.176. The third kappa shape index (κ3) is 5.24. The van der Waals surface area contributed by atoms with Crippen LogP contribution in [0.1, 0.15) is 11.1 Å². The molecule has 0 radical (unpaired) electrons. The summed E-state index contributed by atoms with van der Waals surface area (Å²) in [5.41, 5.74) is 1.27. The van der Waals surface area contributed by atoms with Crippen molar-refractivity contribution < 1.29 is 23.8 Å². The molecule has 0 heterocycles. The molecule has 0 saturated heterocycles. The van der Waals surface area contributed by atoms with Crippen LogP contribution in [0.15, 0.2) is 48.5 Å². The molecular weight excluding hydrogens is 337 g/mol. The Bertz CT molecular complexity index is 724. The van der Waals surface area contributed by atoms with Gasteiger partial charge in [-0.1, -0.05) is 48.0 Å². The van der Waals surface area contributed by atoms with E-state index in [1.165, 1.54) is 12.1 Å². The molecule has 7 heteroatoms. The molecule has 24 heavy (non-hydrogen) atoms. The second-order valence-corrected chi connectivity index (χ2v) is 5.46. The number of nitrogens with one attached hydrogen (secondary N) is 1. The lowest BCUT2D eigenvalue weighted by Crippen LogP contribution is -2.42. The zero-order chi connectivity index (χ0) is 17.5. The van der Waals surface area contributed by atoms with E-state index in [1.54, 1.807) is 24.3 Å². The Labute approximate surface area is 143 Å². The van der Waals surface area contributed by atoms with Crippen LogP contribution in [0.5, 0.6) is 0 Å². The summed E-state index contributed by atoms with van der Waals surface area (Å²) in [5, 5.41) is 11.4. The van der Waals surface area contributed by atoms with Gasteiger partial charge in [-0.25, -0.2) is 14.0 Å². The molecule has 0 aliphatic heterocycles. The molecule has 126 valence electrons. The molecule has 5 nitrogen and oxygen atoms in total. The van der Waals surface area contributed by atoms with Crippen molar-refractivity contribution in [2.24, 2.45) is 0 Å². The molecule has 2 rings (SSSR count). The van der Waals surface area contributed by atoms with Gasteiger partial charge in [-0.05, 0) is 23.3 Å². The Kier molecular flexibility index (Phi) is 6.14. The van der Waals surface area contributed by atoms with Crippen molar-refractivity contribution in [1.82, 2.24) is 5.32 Å². The largest absolute Gasteiger partial charge is 0.480 e. The number of benzene rings is 2. The number of rotatable bonds is 6. The molecule has 0 unspecified atom stereocenters. The number of carboxylic acids is 1. The summed E-state index contributed by atoms with van der Waals surface area (Å²) in [6, 6.07) is 11.7. The van der Waals surface area contributed by atoms with Gasteiger partial charge in [0.2, 0.25) is 0 Å². The van der Waals surface area contributed by atoms with E-state index in [0.29, 0.717) is 5.56 Å². The first-order valence-corrected chi connectivity index (χ1v) is 7.47. The Morgan fingerprint density at radius 2 is 1.88 bits per heavy atom. The van der Waals surface area contributed by atoms with E-state index < -0.39 is 23.9 Å². The second kappa shape index (κ2) is 8.31. The van der Waals surface area contributed by atoms with Gasteiger partial charge in [-0.3, -0.25) is 0 Å². The zero-order valence-corrected chi connectivity index (χ0v) is 13.3. The SMILES string of the molecule is O=C(N[C@@H](Cc1ccc(F)c(Cl)c1)C(=O)O)OCc1ccccc1. The number of carbonyl (C=O) groups excluding carboxylic acids is 1. The Balaban J connectivity index is 1.93. The van der Waals surface area contributed by atoms with Crippen molar-refractivity contribution in [3.63, 3.8) is 0 Å². The summed E-state index contributed by atoms with van der Waals surface area (Å²) in [6.07, 6.45) is -0.894. The summed E-state index contributed by atoms with van der Waals surface area (Å²) >= 11 is 5.67. The van der Waals surface area contributed by atoms with Crippen molar-refractivity contribution in [2.75, 3.05) is 0 Å². The van der Waals surface area contributed by atoms with Crippen LogP contribution in [0.25, 0.3) is 0 Å². The Morgan fingerprint density at radius 3 is 2.50 bits per heavy atom. The maximum Gasteiger partial charge on any atom is 0.408 e. The molecule has 1 atom stereocenters. The van der Waals surface area contributed by atoms with Crippen LogP contribution in [0.2, 0.25) is 5.02 Å². The molecule has 0 spiro atoms. The van der Waals surface area contributed by atoms with Crippen LogP contribution in [0.3, 0.4) is 0 Å². The molecule has 0 aromatic heterocycles. The lowest BCUT2D eigenvalue weighted by molar-refractivity contribution is -0.139. The summed E-state index contributed by atoms with van der Waals surface area (Å²) in [6.45, 7) is 0.0292. The minimum absolute atomic E-state index is 0.0292. The van der Waals surface area contributed by atoms with Crippen LogP contribution in [-0.4, -0.2) is 23.2 Å². The van der Waals surface area contributed by atoms with Crippen molar-refractivity contribution in [3.05, 3.63) is 70.5 Å². The quantitative estimate of drug-likeness (QED) is 0.836. The number of hydrogen-bond acceptors (Lipinski definition) is 3. The second-order valence-electron chi connectivity index (χ2n) is 5.05. The zero-order valence-electron chi connectivity index (χ0n) is 12.5. The molecule has 0 saturated carbocycles. The number of carboxylic acid groups (broad SMARTS) is 1. The Hall–Kier alpha value is -2.60. The maximum absolute atomic E-state index is 13.1. The topological polar surface area (TPSA) is 75.6 Å².